The van der Waals surface area contributed by atoms with Gasteiger partial charge in [-0.2, -0.15) is 0 Å². The van der Waals surface area contributed by atoms with Gasteiger partial charge in [0.1, 0.15) is 0 Å². The number of carbonyl (C=O) groups excluding carboxylic acids is 1. The van der Waals surface area contributed by atoms with E-state index in [2.05, 4.69) is 10.6 Å². The molecule has 1 saturated heterocycles. The molecule has 1 heterocycles. The summed E-state index contributed by atoms with van der Waals surface area (Å²) in [4.78, 5) is 10.6. The molecule has 1 rings (SSSR count). The Balaban J connectivity index is 2.19. The quantitative estimate of drug-likeness (QED) is 0.572. The van der Waals surface area contributed by atoms with E-state index in [9.17, 15) is 4.79 Å². The molecule has 1 fully saturated rings. The SMILES string of the molecule is CC(=O)NC1CCC[N-]C1. The fourth-order valence-corrected chi connectivity index (χ4v) is 1.19. The lowest BCUT2D eigenvalue weighted by atomic mass is 10.1. The van der Waals surface area contributed by atoms with E-state index in [0.717, 1.165) is 25.9 Å². The van der Waals surface area contributed by atoms with Gasteiger partial charge in [0.2, 0.25) is 5.91 Å². The van der Waals surface area contributed by atoms with Gasteiger partial charge in [-0.15, -0.1) is 13.1 Å². The second-order valence-electron chi connectivity index (χ2n) is 2.67. The predicted molar refractivity (Wildman–Crippen MR) is 39.9 cm³/mol. The molecule has 10 heavy (non-hydrogen) atoms. The van der Waals surface area contributed by atoms with E-state index in [1.807, 2.05) is 0 Å². The maximum atomic E-state index is 10.6. The van der Waals surface area contributed by atoms with Crippen LogP contribution in [-0.4, -0.2) is 25.0 Å². The Hall–Kier alpha value is -0.570. The zero-order valence-electron chi connectivity index (χ0n) is 6.26. The molecule has 1 aliphatic rings. The van der Waals surface area contributed by atoms with Crippen molar-refractivity contribution >= 4 is 5.91 Å². The van der Waals surface area contributed by atoms with Gasteiger partial charge in [0.15, 0.2) is 0 Å². The number of piperidine rings is 1. The number of carbonyl (C=O) groups is 1. The van der Waals surface area contributed by atoms with Crippen molar-refractivity contribution in [1.82, 2.24) is 5.32 Å². The fraction of sp³-hybridized carbons (Fsp3) is 0.857. The average Bonchev–Trinajstić information content (AvgIpc) is 1.88. The minimum Gasteiger partial charge on any atom is -0.661 e. The summed E-state index contributed by atoms with van der Waals surface area (Å²) in [6.07, 6.45) is 2.20. The van der Waals surface area contributed by atoms with Gasteiger partial charge in [0, 0.05) is 13.0 Å². The second-order valence-corrected chi connectivity index (χ2v) is 2.67. The molecule has 1 N–H and O–H groups in total. The topological polar surface area (TPSA) is 43.2 Å². The monoisotopic (exact) mass is 141 g/mol. The number of nitrogens with one attached hydrogen (secondary N) is 1. The highest BCUT2D eigenvalue weighted by molar-refractivity contribution is 5.73. The van der Waals surface area contributed by atoms with Crippen LogP contribution >= 0.6 is 0 Å². The summed E-state index contributed by atoms with van der Waals surface area (Å²) >= 11 is 0. The first-order chi connectivity index (χ1) is 4.79. The average molecular weight is 141 g/mol. The molecule has 0 spiro atoms. The molecular formula is C7H13N2O-. The summed E-state index contributed by atoms with van der Waals surface area (Å²) in [5, 5.41) is 7.05. The van der Waals surface area contributed by atoms with Crippen LogP contribution in [0.4, 0.5) is 0 Å². The number of nitrogens with zero attached hydrogens (tertiary/aromatic N) is 1. The molecule has 1 atom stereocenters. The van der Waals surface area contributed by atoms with Gasteiger partial charge in [-0.1, -0.05) is 6.42 Å². The lowest BCUT2D eigenvalue weighted by Crippen LogP contribution is -2.37. The van der Waals surface area contributed by atoms with E-state index < -0.39 is 0 Å². The van der Waals surface area contributed by atoms with E-state index in [4.69, 9.17) is 0 Å². The maximum Gasteiger partial charge on any atom is 0.217 e. The molecule has 3 nitrogen and oxygen atoms in total. The molecule has 0 bridgehead atoms. The minimum absolute atomic E-state index is 0.0575. The van der Waals surface area contributed by atoms with Crippen molar-refractivity contribution in [2.24, 2.45) is 0 Å². The molecular weight excluding hydrogens is 128 g/mol. The van der Waals surface area contributed by atoms with Crippen LogP contribution < -0.4 is 5.32 Å². The normalized spacial score (nSPS) is 25.9. The van der Waals surface area contributed by atoms with Crippen LogP contribution in [0.15, 0.2) is 0 Å². The van der Waals surface area contributed by atoms with Crippen molar-refractivity contribution < 1.29 is 4.79 Å². The number of hydrogen-bond acceptors (Lipinski definition) is 1. The Labute approximate surface area is 61.2 Å². The van der Waals surface area contributed by atoms with Gasteiger partial charge in [0.05, 0.1) is 0 Å². The van der Waals surface area contributed by atoms with Gasteiger partial charge in [-0.05, 0) is 6.42 Å². The van der Waals surface area contributed by atoms with Crippen molar-refractivity contribution in [2.45, 2.75) is 25.8 Å². The smallest absolute Gasteiger partial charge is 0.217 e. The van der Waals surface area contributed by atoms with E-state index in [-0.39, 0.29) is 5.91 Å². The van der Waals surface area contributed by atoms with Crippen molar-refractivity contribution in [3.8, 4) is 0 Å². The van der Waals surface area contributed by atoms with Crippen LogP contribution in [0, 0.1) is 0 Å². The third-order valence-corrected chi connectivity index (χ3v) is 1.63. The first-order valence-electron chi connectivity index (χ1n) is 3.69. The molecule has 0 saturated carbocycles. The van der Waals surface area contributed by atoms with E-state index in [0.29, 0.717) is 6.04 Å². The van der Waals surface area contributed by atoms with E-state index in [1.54, 1.807) is 6.92 Å². The summed E-state index contributed by atoms with van der Waals surface area (Å²) < 4.78 is 0. The van der Waals surface area contributed by atoms with Crippen LogP contribution in [0.2, 0.25) is 0 Å². The van der Waals surface area contributed by atoms with Gasteiger partial charge >= 0.3 is 0 Å². The summed E-state index contributed by atoms with van der Waals surface area (Å²) in [5.41, 5.74) is 0. The Morgan fingerprint density at radius 1 is 1.70 bits per heavy atom. The summed E-state index contributed by atoms with van der Waals surface area (Å²) in [6, 6.07) is 0.311. The zero-order chi connectivity index (χ0) is 7.40. The summed E-state index contributed by atoms with van der Waals surface area (Å²) in [5.74, 6) is 0.0575. The van der Waals surface area contributed by atoms with Crippen LogP contribution in [0.3, 0.4) is 0 Å². The molecule has 1 unspecified atom stereocenters. The van der Waals surface area contributed by atoms with Gasteiger partial charge in [0.25, 0.3) is 0 Å². The largest absolute Gasteiger partial charge is 0.661 e. The van der Waals surface area contributed by atoms with E-state index in [1.165, 1.54) is 0 Å². The van der Waals surface area contributed by atoms with Crippen molar-refractivity contribution in [3.63, 3.8) is 0 Å². The third kappa shape index (κ3) is 2.35. The number of hydrogen-bond donors (Lipinski definition) is 1. The highest BCUT2D eigenvalue weighted by atomic mass is 16.1. The Morgan fingerprint density at radius 2 is 2.50 bits per heavy atom. The minimum atomic E-state index is 0.0575. The number of amides is 1. The molecule has 0 radical (unpaired) electrons. The third-order valence-electron chi connectivity index (χ3n) is 1.63. The van der Waals surface area contributed by atoms with Crippen molar-refractivity contribution in [1.29, 1.82) is 0 Å². The van der Waals surface area contributed by atoms with Crippen LogP contribution in [0.1, 0.15) is 19.8 Å². The lowest BCUT2D eigenvalue weighted by Gasteiger charge is -2.33. The van der Waals surface area contributed by atoms with Crippen LogP contribution in [-0.2, 0) is 4.79 Å². The molecule has 1 aliphatic heterocycles. The molecule has 1 amide bonds. The lowest BCUT2D eigenvalue weighted by molar-refractivity contribution is -0.119. The predicted octanol–water partition coefficient (Wildman–Crippen LogP) is 0.659. The first-order valence-corrected chi connectivity index (χ1v) is 3.69. The molecule has 0 aromatic rings. The summed E-state index contributed by atoms with van der Waals surface area (Å²) in [6.45, 7) is 3.32. The molecule has 0 aliphatic carbocycles. The van der Waals surface area contributed by atoms with Gasteiger partial charge in [-0.25, -0.2) is 0 Å². The van der Waals surface area contributed by atoms with Crippen LogP contribution in [0.5, 0.6) is 0 Å². The van der Waals surface area contributed by atoms with Crippen molar-refractivity contribution in [2.75, 3.05) is 13.1 Å². The molecule has 3 heteroatoms. The second kappa shape index (κ2) is 3.56. The molecule has 58 valence electrons. The Bertz CT molecular complexity index is 119. The highest BCUT2D eigenvalue weighted by Crippen LogP contribution is 2.09. The van der Waals surface area contributed by atoms with Crippen LogP contribution in [0.25, 0.3) is 5.32 Å². The van der Waals surface area contributed by atoms with Crippen molar-refractivity contribution in [3.05, 3.63) is 5.32 Å². The summed E-state index contributed by atoms with van der Waals surface area (Å²) in [7, 11) is 0. The Kier molecular flexibility index (Phi) is 2.68. The van der Waals surface area contributed by atoms with Gasteiger partial charge in [-0.3, -0.25) is 4.79 Å². The van der Waals surface area contributed by atoms with Gasteiger partial charge < -0.3 is 10.6 Å². The zero-order valence-corrected chi connectivity index (χ0v) is 6.26. The Morgan fingerprint density at radius 3 is 3.00 bits per heavy atom. The molecule has 0 aromatic heterocycles. The fourth-order valence-electron chi connectivity index (χ4n) is 1.19. The van der Waals surface area contributed by atoms with E-state index >= 15 is 0 Å². The highest BCUT2D eigenvalue weighted by Gasteiger charge is 2.06. The first kappa shape index (κ1) is 7.54. The molecule has 0 aromatic carbocycles. The number of rotatable bonds is 1. The maximum absolute atomic E-state index is 10.6. The standard InChI is InChI=1S/C7H13N2O/c1-6(10)9-7-3-2-4-8-5-7/h7H,2-5H2,1H3,(H,9,10)/q-1.